The molecule has 0 unspecified atom stereocenters. The lowest BCUT2D eigenvalue weighted by atomic mass is 10.2. The summed E-state index contributed by atoms with van der Waals surface area (Å²) in [6.07, 6.45) is 6.19. The Bertz CT molecular complexity index is 659. The van der Waals surface area contributed by atoms with Crippen molar-refractivity contribution in [1.29, 1.82) is 0 Å². The fourth-order valence-corrected chi connectivity index (χ4v) is 2.42. The lowest BCUT2D eigenvalue weighted by molar-refractivity contribution is 0.0954. The molecule has 1 aliphatic carbocycles. The highest BCUT2D eigenvalue weighted by molar-refractivity contribution is 7.71. The van der Waals surface area contributed by atoms with Crippen molar-refractivity contribution in [2.75, 3.05) is 6.54 Å². The van der Waals surface area contributed by atoms with Gasteiger partial charge >= 0.3 is 0 Å². The number of nitrogens with one attached hydrogen (secondary N) is 2. The number of carbonyl (C=O) groups is 1. The normalized spacial score (nSPS) is 14.2. The zero-order valence-electron chi connectivity index (χ0n) is 10.9. The van der Waals surface area contributed by atoms with Crippen LogP contribution in [0.3, 0.4) is 0 Å². The van der Waals surface area contributed by atoms with Crippen LogP contribution in [0.1, 0.15) is 35.1 Å². The van der Waals surface area contributed by atoms with Crippen molar-refractivity contribution in [3.8, 4) is 0 Å². The molecule has 0 spiro atoms. The average molecular weight is 289 g/mol. The summed E-state index contributed by atoms with van der Waals surface area (Å²) in [6, 6.07) is 3.87. The van der Waals surface area contributed by atoms with Crippen molar-refractivity contribution in [3.63, 3.8) is 0 Å². The van der Waals surface area contributed by atoms with E-state index in [9.17, 15) is 4.79 Å². The van der Waals surface area contributed by atoms with Crippen LogP contribution >= 0.6 is 12.2 Å². The SMILES string of the molecule is O=C(NCCc1n[nH]c(=S)n1C1CC1)c1ccncc1. The molecular weight excluding hydrogens is 274 g/mol. The van der Waals surface area contributed by atoms with Crippen molar-refractivity contribution in [3.05, 3.63) is 40.7 Å². The first-order valence-corrected chi connectivity index (χ1v) is 7.00. The summed E-state index contributed by atoms with van der Waals surface area (Å²) < 4.78 is 2.73. The van der Waals surface area contributed by atoms with E-state index in [2.05, 4.69) is 25.1 Å². The van der Waals surface area contributed by atoms with Crippen LogP contribution in [0.4, 0.5) is 0 Å². The minimum atomic E-state index is -0.0977. The van der Waals surface area contributed by atoms with Crippen molar-refractivity contribution in [1.82, 2.24) is 25.1 Å². The van der Waals surface area contributed by atoms with Crippen LogP contribution in [0.25, 0.3) is 0 Å². The van der Waals surface area contributed by atoms with Gasteiger partial charge in [0.2, 0.25) is 0 Å². The lowest BCUT2D eigenvalue weighted by Gasteiger charge is -2.06. The van der Waals surface area contributed by atoms with Gasteiger partial charge in [0.05, 0.1) is 0 Å². The molecule has 6 nitrogen and oxygen atoms in total. The van der Waals surface area contributed by atoms with E-state index < -0.39 is 0 Å². The van der Waals surface area contributed by atoms with Gasteiger partial charge in [0.1, 0.15) is 5.82 Å². The third-order valence-electron chi connectivity index (χ3n) is 3.27. The number of pyridine rings is 1. The molecule has 1 amide bonds. The summed E-state index contributed by atoms with van der Waals surface area (Å²) in [5, 5.41) is 9.93. The fourth-order valence-electron chi connectivity index (χ4n) is 2.12. The Kier molecular flexibility index (Phi) is 3.60. The Hall–Kier alpha value is -2.02. The Morgan fingerprint density at radius 2 is 2.20 bits per heavy atom. The first-order valence-electron chi connectivity index (χ1n) is 6.59. The number of aromatic nitrogens is 4. The highest BCUT2D eigenvalue weighted by atomic mass is 32.1. The highest BCUT2D eigenvalue weighted by Gasteiger charge is 2.26. The molecule has 0 aliphatic heterocycles. The second-order valence-corrected chi connectivity index (χ2v) is 5.17. The molecular formula is C13H15N5OS. The van der Waals surface area contributed by atoms with Crippen molar-refractivity contribution >= 4 is 18.1 Å². The minimum absolute atomic E-state index is 0.0977. The van der Waals surface area contributed by atoms with E-state index in [0.29, 0.717) is 29.3 Å². The molecule has 104 valence electrons. The molecule has 0 radical (unpaired) electrons. The number of carbonyl (C=O) groups excluding carboxylic acids is 1. The Morgan fingerprint density at radius 3 is 2.90 bits per heavy atom. The molecule has 1 aliphatic rings. The van der Waals surface area contributed by atoms with Crippen molar-refractivity contribution in [2.45, 2.75) is 25.3 Å². The van der Waals surface area contributed by atoms with Crippen molar-refractivity contribution < 1.29 is 4.79 Å². The van der Waals surface area contributed by atoms with Crippen LogP contribution in [0, 0.1) is 4.77 Å². The lowest BCUT2D eigenvalue weighted by Crippen LogP contribution is -2.26. The molecule has 2 aromatic heterocycles. The van der Waals surface area contributed by atoms with Crippen LogP contribution in [-0.2, 0) is 6.42 Å². The van der Waals surface area contributed by atoms with Gasteiger partial charge in [-0.05, 0) is 37.2 Å². The maximum Gasteiger partial charge on any atom is 0.251 e. The quantitative estimate of drug-likeness (QED) is 0.821. The zero-order valence-corrected chi connectivity index (χ0v) is 11.7. The van der Waals surface area contributed by atoms with E-state index >= 15 is 0 Å². The van der Waals surface area contributed by atoms with E-state index in [-0.39, 0.29) is 5.91 Å². The van der Waals surface area contributed by atoms with Gasteiger partial charge in [-0.15, -0.1) is 0 Å². The number of nitrogens with zero attached hydrogens (tertiary/aromatic N) is 3. The van der Waals surface area contributed by atoms with Crippen LogP contribution in [-0.4, -0.2) is 32.2 Å². The Morgan fingerprint density at radius 1 is 1.45 bits per heavy atom. The first-order chi connectivity index (χ1) is 9.75. The number of hydrogen-bond acceptors (Lipinski definition) is 4. The third-order valence-corrected chi connectivity index (χ3v) is 3.55. The summed E-state index contributed by atoms with van der Waals surface area (Å²) in [4.78, 5) is 15.8. The van der Waals surface area contributed by atoms with Gasteiger partial charge in [0.15, 0.2) is 4.77 Å². The summed E-state index contributed by atoms with van der Waals surface area (Å²) in [5.41, 5.74) is 0.612. The molecule has 7 heteroatoms. The maximum atomic E-state index is 11.9. The smallest absolute Gasteiger partial charge is 0.251 e. The van der Waals surface area contributed by atoms with Gasteiger partial charge in [-0.2, -0.15) is 5.10 Å². The van der Waals surface area contributed by atoms with Crippen molar-refractivity contribution in [2.24, 2.45) is 0 Å². The molecule has 0 aromatic carbocycles. The summed E-state index contributed by atoms with van der Waals surface area (Å²) in [7, 11) is 0. The van der Waals surface area contributed by atoms with E-state index in [0.717, 1.165) is 18.7 Å². The zero-order chi connectivity index (χ0) is 13.9. The monoisotopic (exact) mass is 289 g/mol. The predicted octanol–water partition coefficient (Wildman–Crippen LogP) is 1.64. The molecule has 0 atom stereocenters. The predicted molar refractivity (Wildman–Crippen MR) is 76.0 cm³/mol. The topological polar surface area (TPSA) is 75.6 Å². The van der Waals surface area contributed by atoms with Crippen LogP contribution in [0.15, 0.2) is 24.5 Å². The summed E-state index contributed by atoms with van der Waals surface area (Å²) in [6.45, 7) is 0.535. The second kappa shape index (κ2) is 5.54. The standard InChI is InChI=1S/C13H15N5OS/c19-12(9-3-6-14-7-4-9)15-8-5-11-16-17-13(20)18(11)10-1-2-10/h3-4,6-7,10H,1-2,5,8H2,(H,15,19)(H,17,20). The number of aromatic amines is 1. The Balaban J connectivity index is 1.58. The molecule has 3 rings (SSSR count). The van der Waals surface area contributed by atoms with Gasteiger partial charge in [0.25, 0.3) is 5.91 Å². The van der Waals surface area contributed by atoms with E-state index in [1.165, 1.54) is 0 Å². The number of H-pyrrole nitrogens is 1. The summed E-state index contributed by atoms with van der Waals surface area (Å²) >= 11 is 5.22. The van der Waals surface area contributed by atoms with Gasteiger partial charge in [-0.1, -0.05) is 0 Å². The van der Waals surface area contributed by atoms with Crippen LogP contribution in [0.5, 0.6) is 0 Å². The van der Waals surface area contributed by atoms with E-state index in [1.807, 2.05) is 0 Å². The third kappa shape index (κ3) is 2.77. The molecule has 2 heterocycles. The van der Waals surface area contributed by atoms with Gasteiger partial charge in [0, 0.05) is 37.0 Å². The molecule has 20 heavy (non-hydrogen) atoms. The molecule has 1 saturated carbocycles. The van der Waals surface area contributed by atoms with E-state index in [4.69, 9.17) is 12.2 Å². The van der Waals surface area contributed by atoms with Gasteiger partial charge < -0.3 is 9.88 Å². The fraction of sp³-hybridized carbons (Fsp3) is 0.385. The van der Waals surface area contributed by atoms with E-state index in [1.54, 1.807) is 24.5 Å². The molecule has 0 saturated heterocycles. The molecule has 0 bridgehead atoms. The van der Waals surface area contributed by atoms with Gasteiger partial charge in [-0.25, -0.2) is 0 Å². The highest BCUT2D eigenvalue weighted by Crippen LogP contribution is 2.35. The second-order valence-electron chi connectivity index (χ2n) is 4.79. The minimum Gasteiger partial charge on any atom is -0.352 e. The van der Waals surface area contributed by atoms with Crippen LogP contribution < -0.4 is 5.32 Å². The number of amides is 1. The maximum absolute atomic E-state index is 11.9. The molecule has 2 aromatic rings. The average Bonchev–Trinajstić information content (AvgIpc) is 3.24. The molecule has 1 fully saturated rings. The van der Waals surface area contributed by atoms with Gasteiger partial charge in [-0.3, -0.25) is 14.9 Å². The Labute approximate surface area is 121 Å². The number of hydrogen-bond donors (Lipinski definition) is 2. The summed E-state index contributed by atoms with van der Waals surface area (Å²) in [5.74, 6) is 0.812. The van der Waals surface area contributed by atoms with Crippen LogP contribution in [0.2, 0.25) is 0 Å². The molecule has 2 N–H and O–H groups in total. The first kappa shape index (κ1) is 13.0. The largest absolute Gasteiger partial charge is 0.352 e. The number of rotatable bonds is 5.